The fourth-order valence-corrected chi connectivity index (χ4v) is 1.84. The van der Waals surface area contributed by atoms with Crippen LogP contribution >= 0.6 is 0 Å². The van der Waals surface area contributed by atoms with Crippen molar-refractivity contribution >= 4 is 10.9 Å². The summed E-state index contributed by atoms with van der Waals surface area (Å²) in [6, 6.07) is 20.2. The Labute approximate surface area is 104 Å². The largest absolute Gasteiger partial charge is 0.372 e. The number of rotatable bonds is 2. The summed E-state index contributed by atoms with van der Waals surface area (Å²) >= 11 is 0. The molecule has 0 aliphatic heterocycles. The van der Waals surface area contributed by atoms with E-state index in [1.54, 1.807) is 6.07 Å². The smallest absolute Gasteiger partial charge is 0.284 e. The fraction of sp³-hybridized carbons (Fsp3) is 0. The lowest BCUT2D eigenvalue weighted by Crippen LogP contribution is -2.23. The molecule has 0 amide bonds. The van der Waals surface area contributed by atoms with E-state index in [2.05, 4.69) is 0 Å². The molecular weight excluding hydrogens is 226 g/mol. The van der Waals surface area contributed by atoms with Crippen molar-refractivity contribution < 1.29 is 4.84 Å². The molecule has 0 unspecified atom stereocenters. The zero-order valence-corrected chi connectivity index (χ0v) is 9.61. The molecule has 0 bridgehead atoms. The van der Waals surface area contributed by atoms with Gasteiger partial charge in [-0.25, -0.2) is 0 Å². The van der Waals surface area contributed by atoms with Crippen LogP contribution in [-0.2, 0) is 0 Å². The van der Waals surface area contributed by atoms with Crippen LogP contribution in [0.1, 0.15) is 0 Å². The Balaban J connectivity index is 2.16. The molecule has 1 heterocycles. The normalized spacial score (nSPS) is 10.4. The van der Waals surface area contributed by atoms with Crippen LogP contribution in [0.15, 0.2) is 71.5 Å². The minimum absolute atomic E-state index is 0.183. The molecule has 0 atom stereocenters. The van der Waals surface area contributed by atoms with Crippen molar-refractivity contribution in [1.82, 2.24) is 4.73 Å². The molecule has 0 radical (unpaired) electrons. The number of hydrogen-bond acceptors (Lipinski definition) is 2. The minimum Gasteiger partial charge on any atom is -0.372 e. The van der Waals surface area contributed by atoms with E-state index in [9.17, 15) is 4.79 Å². The van der Waals surface area contributed by atoms with Crippen molar-refractivity contribution in [2.75, 3.05) is 0 Å². The lowest BCUT2D eigenvalue weighted by molar-refractivity contribution is 0.218. The Hall–Kier alpha value is -2.55. The van der Waals surface area contributed by atoms with E-state index in [1.165, 1.54) is 10.8 Å². The van der Waals surface area contributed by atoms with Gasteiger partial charge in [-0.05, 0) is 24.3 Å². The average Bonchev–Trinajstić information content (AvgIpc) is 2.43. The van der Waals surface area contributed by atoms with Gasteiger partial charge in [0, 0.05) is 11.5 Å². The first-order valence-corrected chi connectivity index (χ1v) is 5.69. The van der Waals surface area contributed by atoms with Crippen LogP contribution in [0.25, 0.3) is 10.9 Å². The van der Waals surface area contributed by atoms with Gasteiger partial charge in [-0.1, -0.05) is 36.4 Å². The predicted molar refractivity (Wildman–Crippen MR) is 70.7 cm³/mol. The molecule has 0 saturated carbocycles. The summed E-state index contributed by atoms with van der Waals surface area (Å²) < 4.78 is 1.31. The highest BCUT2D eigenvalue weighted by atomic mass is 16.7. The highest BCUT2D eigenvalue weighted by Gasteiger charge is 2.03. The zero-order chi connectivity index (χ0) is 12.4. The highest BCUT2D eigenvalue weighted by molar-refractivity contribution is 5.78. The summed E-state index contributed by atoms with van der Waals surface area (Å²) in [6.07, 6.45) is 0. The monoisotopic (exact) mass is 237 g/mol. The molecule has 0 fully saturated rings. The highest BCUT2D eigenvalue weighted by Crippen LogP contribution is 2.14. The first-order valence-electron chi connectivity index (χ1n) is 5.69. The first-order chi connectivity index (χ1) is 8.84. The van der Waals surface area contributed by atoms with Gasteiger partial charge in [-0.15, -0.1) is 4.73 Å². The predicted octanol–water partition coefficient (Wildman–Crippen LogP) is 2.84. The molecule has 0 spiro atoms. The second-order valence-corrected chi connectivity index (χ2v) is 3.93. The first kappa shape index (κ1) is 10.6. The number of hydrogen-bond donors (Lipinski definition) is 0. The maximum Gasteiger partial charge on any atom is 0.284 e. The summed E-state index contributed by atoms with van der Waals surface area (Å²) in [7, 11) is 0. The van der Waals surface area contributed by atoms with Gasteiger partial charge in [0.2, 0.25) is 0 Å². The third-order valence-electron chi connectivity index (χ3n) is 2.70. The molecule has 2 aromatic carbocycles. The van der Waals surface area contributed by atoms with Gasteiger partial charge in [-0.2, -0.15) is 0 Å². The van der Waals surface area contributed by atoms with E-state index in [0.29, 0.717) is 5.75 Å². The Morgan fingerprint density at radius 3 is 2.33 bits per heavy atom. The van der Waals surface area contributed by atoms with E-state index >= 15 is 0 Å². The van der Waals surface area contributed by atoms with Gasteiger partial charge in [0.25, 0.3) is 5.56 Å². The summed E-state index contributed by atoms with van der Waals surface area (Å²) in [5.74, 6) is 0.635. The number of benzene rings is 2. The van der Waals surface area contributed by atoms with Crippen LogP contribution in [0.5, 0.6) is 5.75 Å². The van der Waals surface area contributed by atoms with Crippen molar-refractivity contribution in [3.63, 3.8) is 0 Å². The molecule has 3 nitrogen and oxygen atoms in total. The summed E-state index contributed by atoms with van der Waals surface area (Å²) in [4.78, 5) is 17.5. The molecule has 88 valence electrons. The number of aromatic nitrogens is 1. The molecule has 0 aliphatic carbocycles. The van der Waals surface area contributed by atoms with Gasteiger partial charge in [0.05, 0.1) is 5.52 Å². The van der Waals surface area contributed by atoms with E-state index in [4.69, 9.17) is 4.84 Å². The Kier molecular flexibility index (Phi) is 2.57. The number of nitrogens with zero attached hydrogens (tertiary/aromatic N) is 1. The van der Waals surface area contributed by atoms with Crippen LogP contribution in [0.3, 0.4) is 0 Å². The molecule has 0 saturated heterocycles. The van der Waals surface area contributed by atoms with Gasteiger partial charge in [0.15, 0.2) is 5.75 Å². The Morgan fingerprint density at radius 2 is 1.50 bits per heavy atom. The summed E-state index contributed by atoms with van der Waals surface area (Å²) in [5.41, 5.74) is 0.575. The zero-order valence-electron chi connectivity index (χ0n) is 9.61. The van der Waals surface area contributed by atoms with Gasteiger partial charge in [-0.3, -0.25) is 4.79 Å². The molecular formula is C15H11NO2. The quantitative estimate of drug-likeness (QED) is 0.686. The van der Waals surface area contributed by atoms with Crippen LogP contribution in [0, 0.1) is 0 Å². The summed E-state index contributed by atoms with van der Waals surface area (Å²) in [6.45, 7) is 0. The van der Waals surface area contributed by atoms with Gasteiger partial charge >= 0.3 is 0 Å². The second-order valence-electron chi connectivity index (χ2n) is 3.93. The van der Waals surface area contributed by atoms with Crippen LogP contribution < -0.4 is 10.4 Å². The summed E-state index contributed by atoms with van der Waals surface area (Å²) in [5, 5.41) is 0.966. The molecule has 0 N–H and O–H groups in total. The topological polar surface area (TPSA) is 31.2 Å². The molecule has 3 rings (SSSR count). The van der Waals surface area contributed by atoms with Crippen LogP contribution in [0.4, 0.5) is 0 Å². The van der Waals surface area contributed by atoms with Gasteiger partial charge in [0.1, 0.15) is 0 Å². The maximum absolute atomic E-state index is 11.9. The van der Waals surface area contributed by atoms with Crippen LogP contribution in [-0.4, -0.2) is 4.73 Å². The minimum atomic E-state index is -0.183. The molecule has 3 heteroatoms. The molecule has 3 aromatic rings. The lowest BCUT2D eigenvalue weighted by atomic mass is 10.2. The standard InChI is InChI=1S/C15H11NO2/c17-15-11-10-12-6-4-5-9-14(12)16(15)18-13-7-2-1-3-8-13/h1-11H. The third kappa shape index (κ3) is 1.86. The van der Waals surface area contributed by atoms with E-state index in [0.717, 1.165) is 10.9 Å². The SMILES string of the molecule is O=c1ccc2ccccc2n1Oc1ccccc1. The average molecular weight is 237 g/mol. The van der Waals surface area contributed by atoms with Crippen molar-refractivity contribution in [3.05, 3.63) is 77.1 Å². The number of pyridine rings is 1. The maximum atomic E-state index is 11.9. The lowest BCUT2D eigenvalue weighted by Gasteiger charge is -2.10. The van der Waals surface area contributed by atoms with Crippen molar-refractivity contribution in [2.24, 2.45) is 0 Å². The van der Waals surface area contributed by atoms with Crippen molar-refractivity contribution in [2.45, 2.75) is 0 Å². The van der Waals surface area contributed by atoms with Crippen LogP contribution in [0.2, 0.25) is 0 Å². The van der Waals surface area contributed by atoms with Gasteiger partial charge < -0.3 is 4.84 Å². The fourth-order valence-electron chi connectivity index (χ4n) is 1.84. The number of para-hydroxylation sites is 2. The van der Waals surface area contributed by atoms with E-state index in [-0.39, 0.29) is 5.56 Å². The van der Waals surface area contributed by atoms with E-state index < -0.39 is 0 Å². The third-order valence-corrected chi connectivity index (χ3v) is 2.70. The number of fused-ring (bicyclic) bond motifs is 1. The molecule has 0 aliphatic rings. The Morgan fingerprint density at radius 1 is 0.778 bits per heavy atom. The molecule has 18 heavy (non-hydrogen) atoms. The molecule has 1 aromatic heterocycles. The van der Waals surface area contributed by atoms with Crippen molar-refractivity contribution in [1.29, 1.82) is 0 Å². The van der Waals surface area contributed by atoms with E-state index in [1.807, 2.05) is 54.6 Å². The van der Waals surface area contributed by atoms with Crippen molar-refractivity contribution in [3.8, 4) is 5.75 Å². The Bertz CT molecular complexity index is 732. The second kappa shape index (κ2) is 4.37.